The molecule has 3 rings (SSSR count). The lowest BCUT2D eigenvalue weighted by molar-refractivity contribution is 0.223. The molecule has 0 saturated heterocycles. The van der Waals surface area contributed by atoms with Crippen molar-refractivity contribution in [2.75, 3.05) is 18.5 Å². The third-order valence-electron chi connectivity index (χ3n) is 4.81. The Kier molecular flexibility index (Phi) is 5.48. The monoisotopic (exact) mass is 342 g/mol. The van der Waals surface area contributed by atoms with Crippen molar-refractivity contribution in [3.63, 3.8) is 0 Å². The topological polar surface area (TPSA) is 45.0 Å². The van der Waals surface area contributed by atoms with Gasteiger partial charge in [-0.1, -0.05) is 42.7 Å². The molecule has 0 radical (unpaired) electrons. The predicted octanol–water partition coefficient (Wildman–Crippen LogP) is 5.04. The molecular formula is C20H23ClN2O. The van der Waals surface area contributed by atoms with E-state index in [2.05, 4.69) is 30.5 Å². The Balaban J connectivity index is 1.74. The van der Waals surface area contributed by atoms with Crippen LogP contribution in [-0.4, -0.2) is 13.2 Å². The molecular weight excluding hydrogens is 320 g/mol. The summed E-state index contributed by atoms with van der Waals surface area (Å²) in [6.07, 6.45) is 7.89. The maximum atomic E-state index is 8.87. The summed E-state index contributed by atoms with van der Waals surface area (Å²) in [4.78, 5) is 0. The van der Waals surface area contributed by atoms with Gasteiger partial charge in [-0.2, -0.15) is 5.26 Å². The van der Waals surface area contributed by atoms with E-state index < -0.39 is 0 Å². The van der Waals surface area contributed by atoms with Crippen molar-refractivity contribution in [3.05, 3.63) is 46.5 Å². The highest BCUT2D eigenvalue weighted by Crippen LogP contribution is 2.37. The van der Waals surface area contributed by atoms with Crippen LogP contribution in [-0.2, 0) is 6.42 Å². The zero-order chi connectivity index (χ0) is 16.9. The maximum absolute atomic E-state index is 8.87. The number of ether oxygens (including phenoxy) is 1. The second kappa shape index (κ2) is 7.77. The first-order chi connectivity index (χ1) is 11.7. The fourth-order valence-corrected chi connectivity index (χ4v) is 3.80. The number of hydrogen-bond donors (Lipinski definition) is 1. The Hall–Kier alpha value is -1.92. The van der Waals surface area contributed by atoms with Gasteiger partial charge in [-0.05, 0) is 42.5 Å². The first-order valence-corrected chi connectivity index (χ1v) is 9.01. The highest BCUT2D eigenvalue weighted by Gasteiger charge is 2.28. The van der Waals surface area contributed by atoms with Gasteiger partial charge in [-0.3, -0.25) is 0 Å². The smallest absolute Gasteiger partial charge is 0.142 e. The molecule has 1 heterocycles. The molecule has 24 heavy (non-hydrogen) atoms. The molecule has 2 aliphatic rings. The predicted molar refractivity (Wildman–Crippen MR) is 98.3 cm³/mol. The number of nitriles is 1. The molecule has 1 aliphatic heterocycles. The zero-order valence-corrected chi connectivity index (χ0v) is 14.8. The van der Waals surface area contributed by atoms with Crippen LogP contribution in [0.5, 0.6) is 5.75 Å². The van der Waals surface area contributed by atoms with E-state index in [0.717, 1.165) is 47.8 Å². The molecule has 0 amide bonds. The Morgan fingerprint density at radius 3 is 3.08 bits per heavy atom. The molecule has 126 valence electrons. The Morgan fingerprint density at radius 2 is 2.29 bits per heavy atom. The fraction of sp³-hybridized carbons (Fsp3) is 0.450. The van der Waals surface area contributed by atoms with Crippen molar-refractivity contribution in [3.8, 4) is 11.8 Å². The van der Waals surface area contributed by atoms with E-state index in [1.54, 1.807) is 0 Å². The molecule has 1 aromatic rings. The molecule has 4 heteroatoms. The van der Waals surface area contributed by atoms with Gasteiger partial charge >= 0.3 is 0 Å². The van der Waals surface area contributed by atoms with Crippen LogP contribution in [0.15, 0.2) is 41.0 Å². The van der Waals surface area contributed by atoms with E-state index in [1.807, 2.05) is 18.2 Å². The lowest BCUT2D eigenvalue weighted by Crippen LogP contribution is -2.28. The summed E-state index contributed by atoms with van der Waals surface area (Å²) in [6, 6.07) is 8.16. The minimum absolute atomic E-state index is 0.413. The van der Waals surface area contributed by atoms with Crippen LogP contribution in [0, 0.1) is 23.2 Å². The Morgan fingerprint density at radius 1 is 1.42 bits per heavy atom. The van der Waals surface area contributed by atoms with Gasteiger partial charge in [0, 0.05) is 17.5 Å². The normalized spacial score (nSPS) is 22.9. The summed E-state index contributed by atoms with van der Waals surface area (Å²) in [6.45, 7) is 3.79. The van der Waals surface area contributed by atoms with Gasteiger partial charge in [0.05, 0.1) is 24.8 Å². The molecule has 0 fully saturated rings. The summed E-state index contributed by atoms with van der Waals surface area (Å²) in [7, 11) is 0. The minimum Gasteiger partial charge on any atom is -0.491 e. The largest absolute Gasteiger partial charge is 0.491 e. The first-order valence-electron chi connectivity index (χ1n) is 8.64. The molecule has 1 N–H and O–H groups in total. The highest BCUT2D eigenvalue weighted by molar-refractivity contribution is 6.31. The summed E-state index contributed by atoms with van der Waals surface area (Å²) < 4.78 is 6.07. The molecule has 0 aromatic heterocycles. The van der Waals surface area contributed by atoms with Crippen LogP contribution < -0.4 is 10.1 Å². The van der Waals surface area contributed by atoms with E-state index in [0.29, 0.717) is 24.9 Å². The van der Waals surface area contributed by atoms with Crippen LogP contribution in [0.4, 0.5) is 5.69 Å². The number of halogens is 1. The third kappa shape index (κ3) is 3.76. The van der Waals surface area contributed by atoms with Crippen LogP contribution >= 0.6 is 11.6 Å². The van der Waals surface area contributed by atoms with Crippen LogP contribution in [0.1, 0.15) is 31.7 Å². The molecule has 3 nitrogen and oxygen atoms in total. The average molecular weight is 343 g/mol. The molecule has 1 aromatic carbocycles. The highest BCUT2D eigenvalue weighted by atomic mass is 35.5. The molecule has 0 bridgehead atoms. The maximum Gasteiger partial charge on any atom is 0.142 e. The Labute approximate surface area is 149 Å². The molecule has 1 aliphatic carbocycles. The van der Waals surface area contributed by atoms with E-state index in [1.165, 1.54) is 5.57 Å². The standard InChI is InChI=1S/C20H23ClN2O/c1-2-3-15-11-17(21)5-6-18(15)16-12-23-19-10-14(8-9-22)4-7-20(19)24-13-16/h4-5,7,10-11,16,18,23H,2-3,6,8,12-13H2,1H3. The molecule has 0 saturated carbocycles. The van der Waals surface area contributed by atoms with Crippen molar-refractivity contribution < 1.29 is 4.74 Å². The van der Waals surface area contributed by atoms with Crippen LogP contribution in [0.2, 0.25) is 0 Å². The van der Waals surface area contributed by atoms with E-state index >= 15 is 0 Å². The van der Waals surface area contributed by atoms with Crippen molar-refractivity contribution in [2.24, 2.45) is 11.8 Å². The van der Waals surface area contributed by atoms with Gasteiger partial charge in [0.25, 0.3) is 0 Å². The van der Waals surface area contributed by atoms with Gasteiger partial charge in [0.1, 0.15) is 5.75 Å². The summed E-state index contributed by atoms with van der Waals surface area (Å²) in [5.74, 6) is 1.77. The van der Waals surface area contributed by atoms with E-state index in [4.69, 9.17) is 21.6 Å². The summed E-state index contributed by atoms with van der Waals surface area (Å²) in [5, 5.41) is 13.3. The van der Waals surface area contributed by atoms with Crippen LogP contribution in [0.3, 0.4) is 0 Å². The number of rotatable bonds is 4. The van der Waals surface area contributed by atoms with Gasteiger partial charge in [0.2, 0.25) is 0 Å². The Bertz CT molecular complexity index is 702. The minimum atomic E-state index is 0.413. The average Bonchev–Trinajstić information content (AvgIpc) is 2.78. The summed E-state index contributed by atoms with van der Waals surface area (Å²) >= 11 is 6.22. The lowest BCUT2D eigenvalue weighted by Gasteiger charge is -2.29. The summed E-state index contributed by atoms with van der Waals surface area (Å²) in [5.41, 5.74) is 3.46. The number of nitrogens with one attached hydrogen (secondary N) is 1. The fourth-order valence-electron chi connectivity index (χ4n) is 3.57. The number of hydrogen-bond acceptors (Lipinski definition) is 3. The lowest BCUT2D eigenvalue weighted by atomic mass is 9.79. The zero-order valence-electron chi connectivity index (χ0n) is 14.0. The van der Waals surface area contributed by atoms with E-state index in [9.17, 15) is 0 Å². The van der Waals surface area contributed by atoms with Crippen LogP contribution in [0.25, 0.3) is 0 Å². The van der Waals surface area contributed by atoms with Gasteiger partial charge in [0.15, 0.2) is 0 Å². The molecule has 2 atom stereocenters. The van der Waals surface area contributed by atoms with Crippen molar-refractivity contribution in [1.82, 2.24) is 0 Å². The molecule has 0 spiro atoms. The van der Waals surface area contributed by atoms with Crippen molar-refractivity contribution in [2.45, 2.75) is 32.6 Å². The SMILES string of the molecule is CCCC1=CC(Cl)=CCC1C1CNc2cc(CC#N)ccc2OC1. The quantitative estimate of drug-likeness (QED) is 0.833. The number of allylic oxidation sites excluding steroid dienone is 4. The number of benzene rings is 1. The molecule has 2 unspecified atom stereocenters. The van der Waals surface area contributed by atoms with E-state index in [-0.39, 0.29) is 0 Å². The number of fused-ring (bicyclic) bond motifs is 1. The number of anilines is 1. The van der Waals surface area contributed by atoms with Crippen molar-refractivity contribution >= 4 is 17.3 Å². The third-order valence-corrected chi connectivity index (χ3v) is 5.07. The number of nitrogens with zero attached hydrogens (tertiary/aromatic N) is 1. The van der Waals surface area contributed by atoms with Gasteiger partial charge in [-0.25, -0.2) is 0 Å². The van der Waals surface area contributed by atoms with Gasteiger partial charge < -0.3 is 10.1 Å². The second-order valence-corrected chi connectivity index (χ2v) is 6.95. The van der Waals surface area contributed by atoms with Crippen molar-refractivity contribution in [1.29, 1.82) is 5.26 Å². The first kappa shape index (κ1) is 16.9. The second-order valence-electron chi connectivity index (χ2n) is 6.52. The van der Waals surface area contributed by atoms with Gasteiger partial charge in [-0.15, -0.1) is 0 Å².